The first-order valence-electron chi connectivity index (χ1n) is 34.3. The Kier molecular flexibility index (Phi) is 22.6. The molecule has 23 heteroatoms. The van der Waals surface area contributed by atoms with Gasteiger partial charge in [-0.2, -0.15) is 36.7 Å². The van der Waals surface area contributed by atoms with Crippen molar-refractivity contribution in [2.24, 2.45) is 0 Å². The van der Waals surface area contributed by atoms with Gasteiger partial charge in [-0.3, -0.25) is 14.7 Å². The van der Waals surface area contributed by atoms with E-state index in [0.29, 0.717) is 82.7 Å². The number of rotatable bonds is 16. The molecule has 14 rings (SSSR count). The number of benzene rings is 6. The van der Waals surface area contributed by atoms with Gasteiger partial charge in [-0.1, -0.05) is 73.5 Å². The summed E-state index contributed by atoms with van der Waals surface area (Å²) in [5.41, 5.74) is 17.1. The van der Waals surface area contributed by atoms with Gasteiger partial charge in [0, 0.05) is 83.1 Å². The number of aromatic nitrogens is 6. The van der Waals surface area contributed by atoms with Crippen LogP contribution in [0.25, 0.3) is 89.9 Å². The fraction of sp³-hybridized carbons (Fsp3) is 0.397. The minimum Gasteiger partial charge on any atom is -0.444 e. The molecular formula is C78H83F4N9O10. The van der Waals surface area contributed by atoms with E-state index in [9.17, 15) is 22.4 Å². The van der Waals surface area contributed by atoms with E-state index in [1.54, 1.807) is 11.0 Å². The van der Waals surface area contributed by atoms with E-state index in [1.165, 1.54) is 37.3 Å². The Bertz CT molecular complexity index is 4640. The summed E-state index contributed by atoms with van der Waals surface area (Å²) in [7, 11) is 0. The number of imidazole rings is 2. The summed E-state index contributed by atoms with van der Waals surface area (Å²) in [6.07, 6.45) is 15.0. The average molecular weight is 1380 g/mol. The fourth-order valence-electron chi connectivity index (χ4n) is 14.6. The van der Waals surface area contributed by atoms with Crippen LogP contribution in [-0.2, 0) is 37.0 Å². The molecule has 0 bridgehead atoms. The standard InChI is InChI=1S/C40H45F2N5O4.C36H38F2N4O2.2CO2/c1-23-11-9-17-46(23)22-26-19-31-35(20-34(26)50-38(41)42)49-37(45-31)30-15-8-13-28(25(30)3)27-12-7-14-29(24(27)2)32-21-43-36(44-32)33-16-10-18-47(33)39(48)51-40(4,5)6;1-21-9-8-16-42(21)20-25-17-30-33(18-32(25)44-36(37)38)43-35(41-30)29-15-7-13-27(23(29)3)26-12-6-14-28(22(26)2)31-19-39-34(40-31)24-10-4-5-11-24;2*2-1-3/h7-8,12-15,19-21,23,33,38H,9-11,16-18,22H2,1-6H3,(H,43,44);6-7,12-15,17-19,21,24,36H,4-5,8-11,16,20H2,1-3H3,(H,39,40);;/t23-,33?;21-;;/m11../s1. The number of ether oxygens (including phenoxy) is 3. The normalized spacial score (nSPS) is 17.2. The molecular weight excluding hydrogens is 1300 g/mol. The number of fused-ring (bicyclic) bond motifs is 2. The Morgan fingerprint density at radius 3 is 1.34 bits per heavy atom. The number of amides is 1. The Balaban J connectivity index is 0.000000190. The number of halogens is 4. The molecule has 4 aliphatic rings. The molecule has 0 radical (unpaired) electrons. The van der Waals surface area contributed by atoms with E-state index in [-0.39, 0.29) is 35.9 Å². The molecule has 2 N–H and O–H groups in total. The molecule has 3 aliphatic heterocycles. The molecule has 3 atom stereocenters. The highest BCUT2D eigenvalue weighted by molar-refractivity contribution is 5.86. The zero-order valence-electron chi connectivity index (χ0n) is 58.2. The van der Waals surface area contributed by atoms with E-state index >= 15 is 0 Å². The van der Waals surface area contributed by atoms with Gasteiger partial charge in [0.25, 0.3) is 0 Å². The van der Waals surface area contributed by atoms with Crippen LogP contribution < -0.4 is 9.47 Å². The monoisotopic (exact) mass is 1380 g/mol. The van der Waals surface area contributed by atoms with Gasteiger partial charge in [0.1, 0.15) is 39.8 Å². The van der Waals surface area contributed by atoms with Crippen molar-refractivity contribution in [3.8, 4) is 79.2 Å². The predicted octanol–water partition coefficient (Wildman–Crippen LogP) is 18.1. The maximum atomic E-state index is 13.4. The van der Waals surface area contributed by atoms with Crippen molar-refractivity contribution in [1.82, 2.24) is 44.6 Å². The number of alkyl halides is 4. The SMILES string of the molecule is Cc1c(-c2cnc(C3CCCC3)[nH]2)cccc1-c1cccc(-c2nc3cc(CN4CCC[C@H]4C)c(OC(F)F)cc3o2)c1C.Cc1c(-c2cnc(C3CCCN3C(=O)OC(C)(C)C)[nH]2)cccc1-c1cccc(-c2nc3cc(CN4CCC[C@H]4C)c(OC(F)F)cc3o2)c1C.O=C=O.O=C=O. The van der Waals surface area contributed by atoms with E-state index in [2.05, 4.69) is 96.9 Å². The first-order chi connectivity index (χ1) is 48.5. The number of nitrogens with zero attached hydrogens (tertiary/aromatic N) is 7. The summed E-state index contributed by atoms with van der Waals surface area (Å²) in [4.78, 5) is 78.0. The van der Waals surface area contributed by atoms with Crippen molar-refractivity contribution in [3.63, 3.8) is 0 Å². The molecule has 6 aromatic carbocycles. The van der Waals surface area contributed by atoms with Crippen molar-refractivity contribution >= 4 is 40.6 Å². The molecule has 4 fully saturated rings. The molecule has 0 spiro atoms. The van der Waals surface area contributed by atoms with Gasteiger partial charge in [-0.15, -0.1) is 0 Å². The Morgan fingerprint density at radius 2 is 0.931 bits per heavy atom. The Morgan fingerprint density at radius 1 is 0.545 bits per heavy atom. The topological polar surface area (TPSA) is 232 Å². The van der Waals surface area contributed by atoms with Gasteiger partial charge < -0.3 is 33.0 Å². The average Bonchev–Trinajstić information content (AvgIpc) is 1.69. The Hall–Kier alpha value is -10.0. The number of carbonyl (C=O) groups is 1. The second-order valence-electron chi connectivity index (χ2n) is 27.3. The van der Waals surface area contributed by atoms with Crippen LogP contribution in [0.3, 0.4) is 0 Å². The maximum absolute atomic E-state index is 13.4. The third-order valence-corrected chi connectivity index (χ3v) is 19.8. The molecule has 101 heavy (non-hydrogen) atoms. The molecule has 528 valence electrons. The maximum Gasteiger partial charge on any atom is 0.410 e. The minimum atomic E-state index is -2.94. The van der Waals surface area contributed by atoms with Crippen LogP contribution in [0.4, 0.5) is 22.4 Å². The number of carbonyl (C=O) groups excluding carboxylic acids is 5. The van der Waals surface area contributed by atoms with Gasteiger partial charge in [-0.05, 0) is 196 Å². The minimum absolute atomic E-state index is 0.115. The van der Waals surface area contributed by atoms with Crippen LogP contribution in [0, 0.1) is 27.7 Å². The Labute approximate surface area is 583 Å². The number of hydrogen-bond acceptors (Lipinski definition) is 16. The van der Waals surface area contributed by atoms with Crippen LogP contribution in [0.2, 0.25) is 0 Å². The molecule has 4 aromatic heterocycles. The van der Waals surface area contributed by atoms with Gasteiger partial charge >= 0.3 is 31.6 Å². The zero-order chi connectivity index (χ0) is 71.8. The molecule has 19 nitrogen and oxygen atoms in total. The lowest BCUT2D eigenvalue weighted by molar-refractivity contribution is -0.193. The highest BCUT2D eigenvalue weighted by Gasteiger charge is 2.36. The first-order valence-corrected chi connectivity index (χ1v) is 34.3. The smallest absolute Gasteiger partial charge is 0.410 e. The number of likely N-dealkylation sites (tertiary alicyclic amines) is 3. The highest BCUT2D eigenvalue weighted by atomic mass is 19.3. The molecule has 10 aromatic rings. The van der Waals surface area contributed by atoms with Crippen molar-refractivity contribution < 1.29 is 64.6 Å². The number of oxazole rings is 2. The first kappa shape index (κ1) is 72.2. The number of hydrogen-bond donors (Lipinski definition) is 2. The summed E-state index contributed by atoms with van der Waals surface area (Å²) < 4.78 is 81.7. The zero-order valence-corrected chi connectivity index (χ0v) is 58.2. The van der Waals surface area contributed by atoms with Crippen LogP contribution in [0.15, 0.2) is 118 Å². The van der Waals surface area contributed by atoms with Crippen molar-refractivity contribution in [3.05, 3.63) is 154 Å². The number of H-pyrrole nitrogens is 2. The van der Waals surface area contributed by atoms with Crippen molar-refractivity contribution in [1.29, 1.82) is 0 Å². The summed E-state index contributed by atoms with van der Waals surface area (Å²) >= 11 is 0. The molecule has 1 saturated carbocycles. The van der Waals surface area contributed by atoms with E-state index in [4.69, 9.17) is 62.2 Å². The lowest BCUT2D eigenvalue weighted by Crippen LogP contribution is -2.36. The van der Waals surface area contributed by atoms with Gasteiger partial charge in [0.15, 0.2) is 11.2 Å². The number of aromatic amines is 2. The number of nitrogens with one attached hydrogen (secondary N) is 2. The summed E-state index contributed by atoms with van der Waals surface area (Å²) in [5.74, 6) is 3.49. The molecule has 7 heterocycles. The third-order valence-electron chi connectivity index (χ3n) is 19.8. The largest absolute Gasteiger partial charge is 0.444 e. The summed E-state index contributed by atoms with van der Waals surface area (Å²) in [5, 5.41) is 0. The predicted molar refractivity (Wildman–Crippen MR) is 371 cm³/mol. The van der Waals surface area contributed by atoms with Crippen LogP contribution in [0.1, 0.15) is 156 Å². The molecule has 1 amide bonds. The fourth-order valence-corrected chi connectivity index (χ4v) is 14.6. The summed E-state index contributed by atoms with van der Waals surface area (Å²) in [6.45, 7) is 16.0. The van der Waals surface area contributed by atoms with Crippen LogP contribution in [0.5, 0.6) is 11.5 Å². The quantitative estimate of drug-likeness (QED) is 0.0856. The van der Waals surface area contributed by atoms with Gasteiger partial charge in [-0.25, -0.2) is 24.7 Å². The molecule has 1 unspecified atom stereocenters. The van der Waals surface area contributed by atoms with Crippen molar-refractivity contribution in [2.45, 2.75) is 182 Å². The highest BCUT2D eigenvalue weighted by Crippen LogP contribution is 2.43. The second-order valence-corrected chi connectivity index (χ2v) is 27.3. The van der Waals surface area contributed by atoms with E-state index in [1.807, 2.05) is 82.6 Å². The van der Waals surface area contributed by atoms with Crippen LogP contribution in [-0.4, -0.2) is 114 Å². The lowest BCUT2D eigenvalue weighted by atomic mass is 9.91. The van der Waals surface area contributed by atoms with Crippen LogP contribution >= 0.6 is 0 Å². The molecule has 3 saturated heterocycles. The van der Waals surface area contributed by atoms with Gasteiger partial charge in [0.05, 0.1) is 29.8 Å². The van der Waals surface area contributed by atoms with Crippen molar-refractivity contribution in [2.75, 3.05) is 19.6 Å². The third kappa shape index (κ3) is 16.4. The van der Waals surface area contributed by atoms with E-state index in [0.717, 1.165) is 136 Å². The molecule has 1 aliphatic carbocycles. The second kappa shape index (κ2) is 31.7. The lowest BCUT2D eigenvalue weighted by Gasteiger charge is -2.27. The van der Waals surface area contributed by atoms with E-state index < -0.39 is 18.8 Å². The summed E-state index contributed by atoms with van der Waals surface area (Å²) in [6, 6.07) is 32.0. The van der Waals surface area contributed by atoms with Gasteiger partial charge in [0.2, 0.25) is 11.8 Å².